The third-order valence-electron chi connectivity index (χ3n) is 7.30. The van der Waals surface area contributed by atoms with Crippen LogP contribution in [-0.4, -0.2) is 68.0 Å². The van der Waals surface area contributed by atoms with Gasteiger partial charge in [0.25, 0.3) is 0 Å². The highest BCUT2D eigenvalue weighted by molar-refractivity contribution is 5.88. The summed E-state index contributed by atoms with van der Waals surface area (Å²) in [5.74, 6) is -0.892. The Morgan fingerprint density at radius 1 is 0.860 bits per heavy atom. The van der Waals surface area contributed by atoms with Gasteiger partial charge in [-0.2, -0.15) is 5.11 Å². The maximum atomic E-state index is 11.2. The fraction of sp³-hybridized carbons (Fsp3) is 0.594. The first-order chi connectivity index (χ1) is 20.5. The van der Waals surface area contributed by atoms with Gasteiger partial charge in [-0.25, -0.2) is 0 Å². The van der Waals surface area contributed by atoms with Crippen molar-refractivity contribution in [3.8, 4) is 5.75 Å². The summed E-state index contributed by atoms with van der Waals surface area (Å²) in [7, 11) is 0. The van der Waals surface area contributed by atoms with Crippen molar-refractivity contribution in [2.75, 3.05) is 25.1 Å². The van der Waals surface area contributed by atoms with Crippen molar-refractivity contribution in [3.05, 3.63) is 48.0 Å². The number of nitrogens with zero attached hydrogens (tertiary/aromatic N) is 2. The van der Waals surface area contributed by atoms with E-state index in [0.29, 0.717) is 42.6 Å². The third-order valence-corrected chi connectivity index (χ3v) is 7.30. The van der Waals surface area contributed by atoms with Gasteiger partial charge < -0.3 is 38.5 Å². The van der Waals surface area contributed by atoms with Crippen molar-refractivity contribution in [2.24, 2.45) is 10.2 Å². The molecule has 11 nitrogen and oxygen atoms in total. The quantitative estimate of drug-likeness (QED) is 0.223. The standard InChI is InChI=1S/C32H43N3O8/c1-20-10-15-25(24(18-20)35-34-23-13-11-22(12-14-23)33-21(2)36)38-17-9-7-8-16-37-19-26-27-28(41-31(3,4)40-27)29-30(39-26)43-32(5,6)42-29/h10-15,18,26-30H,7-9,16-17,19H2,1-6H3,(H,33,36)/t26-,27+,28+,29-,30-/m1/s1. The highest BCUT2D eigenvalue weighted by Gasteiger charge is 2.60. The molecule has 0 aliphatic carbocycles. The Kier molecular flexibility index (Phi) is 9.79. The zero-order valence-corrected chi connectivity index (χ0v) is 25.8. The largest absolute Gasteiger partial charge is 0.491 e. The van der Waals surface area contributed by atoms with E-state index in [-0.39, 0.29) is 30.3 Å². The molecule has 0 radical (unpaired) electrons. The number of benzene rings is 2. The van der Waals surface area contributed by atoms with Crippen LogP contribution in [-0.2, 0) is 33.2 Å². The number of unbranched alkanes of at least 4 members (excludes halogenated alkanes) is 2. The van der Waals surface area contributed by atoms with Gasteiger partial charge in [-0.15, -0.1) is 5.11 Å². The van der Waals surface area contributed by atoms with Crippen LogP contribution >= 0.6 is 0 Å². The Hall–Kier alpha value is -2.93. The van der Waals surface area contributed by atoms with Gasteiger partial charge in [-0.1, -0.05) is 6.07 Å². The number of ether oxygens (including phenoxy) is 7. The Morgan fingerprint density at radius 3 is 2.33 bits per heavy atom. The second-order valence-electron chi connectivity index (χ2n) is 12.1. The van der Waals surface area contributed by atoms with Crippen LogP contribution in [0.3, 0.4) is 0 Å². The monoisotopic (exact) mass is 597 g/mol. The minimum atomic E-state index is -0.738. The van der Waals surface area contributed by atoms with Crippen LogP contribution < -0.4 is 10.1 Å². The molecule has 3 saturated heterocycles. The highest BCUT2D eigenvalue weighted by Crippen LogP contribution is 2.44. The normalized spacial score (nSPS) is 27.2. The number of carbonyl (C=O) groups excluding carboxylic acids is 1. The lowest BCUT2D eigenvalue weighted by Gasteiger charge is -2.37. The number of azo groups is 1. The van der Waals surface area contributed by atoms with E-state index in [9.17, 15) is 4.79 Å². The second kappa shape index (κ2) is 13.4. The number of amides is 1. The van der Waals surface area contributed by atoms with Crippen LogP contribution in [0.15, 0.2) is 52.7 Å². The van der Waals surface area contributed by atoms with Crippen LogP contribution in [0, 0.1) is 6.92 Å². The number of fused-ring (bicyclic) bond motifs is 3. The molecule has 5 atom stereocenters. The first kappa shape index (κ1) is 31.5. The van der Waals surface area contributed by atoms with E-state index in [4.69, 9.17) is 33.2 Å². The molecule has 3 fully saturated rings. The molecule has 2 aromatic carbocycles. The van der Waals surface area contributed by atoms with Crippen LogP contribution in [0.2, 0.25) is 0 Å². The van der Waals surface area contributed by atoms with Gasteiger partial charge in [-0.3, -0.25) is 4.79 Å². The van der Waals surface area contributed by atoms with Crippen molar-refractivity contribution in [1.82, 2.24) is 0 Å². The van der Waals surface area contributed by atoms with Gasteiger partial charge in [0.15, 0.2) is 17.9 Å². The summed E-state index contributed by atoms with van der Waals surface area (Å²) < 4.78 is 42.6. The van der Waals surface area contributed by atoms with Crippen LogP contribution in [0.25, 0.3) is 0 Å². The van der Waals surface area contributed by atoms with Crippen molar-refractivity contribution in [2.45, 2.75) is 103 Å². The summed E-state index contributed by atoms with van der Waals surface area (Å²) in [4.78, 5) is 11.2. The maximum Gasteiger partial charge on any atom is 0.221 e. The van der Waals surface area contributed by atoms with Crippen LogP contribution in [0.5, 0.6) is 5.75 Å². The number of nitrogens with one attached hydrogen (secondary N) is 1. The minimum Gasteiger partial charge on any atom is -0.491 e. The summed E-state index contributed by atoms with van der Waals surface area (Å²) in [6, 6.07) is 13.0. The number of hydrogen-bond acceptors (Lipinski definition) is 10. The smallest absolute Gasteiger partial charge is 0.221 e. The summed E-state index contributed by atoms with van der Waals surface area (Å²) >= 11 is 0. The Balaban J connectivity index is 1.04. The molecule has 1 amide bonds. The maximum absolute atomic E-state index is 11.2. The average molecular weight is 598 g/mol. The molecule has 0 saturated carbocycles. The molecule has 3 aliphatic heterocycles. The zero-order chi connectivity index (χ0) is 30.6. The van der Waals surface area contributed by atoms with Gasteiger partial charge in [0.1, 0.15) is 35.9 Å². The molecular weight excluding hydrogens is 554 g/mol. The molecule has 0 aromatic heterocycles. The van der Waals surface area contributed by atoms with Crippen molar-refractivity contribution < 1.29 is 38.0 Å². The van der Waals surface area contributed by atoms with E-state index in [1.165, 1.54) is 6.92 Å². The van der Waals surface area contributed by atoms with E-state index in [1.54, 1.807) is 24.3 Å². The Bertz CT molecular complexity index is 1280. The number of aryl methyl sites for hydroxylation is 1. The van der Waals surface area contributed by atoms with Gasteiger partial charge in [-0.05, 0) is 95.8 Å². The van der Waals surface area contributed by atoms with E-state index in [2.05, 4.69) is 15.5 Å². The predicted octanol–water partition coefficient (Wildman–Crippen LogP) is 6.33. The number of carbonyl (C=O) groups is 1. The number of rotatable bonds is 12. The summed E-state index contributed by atoms with van der Waals surface area (Å²) in [5, 5.41) is 11.5. The molecule has 43 heavy (non-hydrogen) atoms. The van der Waals surface area contributed by atoms with E-state index in [1.807, 2.05) is 52.8 Å². The van der Waals surface area contributed by atoms with E-state index < -0.39 is 17.9 Å². The SMILES string of the molecule is CC(=O)Nc1ccc(N=Nc2cc(C)ccc2OCCCCCOC[C@H]2O[C@@H]3OC(C)(C)O[C@@H]3[C@H]3OC(C)(C)O[C@H]32)cc1. The topological polar surface area (TPSA) is 118 Å². The molecule has 2 aromatic rings. The second-order valence-corrected chi connectivity index (χ2v) is 12.1. The highest BCUT2D eigenvalue weighted by atomic mass is 16.9. The first-order valence-electron chi connectivity index (χ1n) is 15.0. The first-order valence-corrected chi connectivity index (χ1v) is 15.0. The molecule has 0 unspecified atom stereocenters. The van der Waals surface area contributed by atoms with Crippen molar-refractivity contribution in [1.29, 1.82) is 0 Å². The van der Waals surface area contributed by atoms with Gasteiger partial charge in [0, 0.05) is 19.2 Å². The summed E-state index contributed by atoms with van der Waals surface area (Å²) in [5.41, 5.74) is 3.13. The molecule has 11 heteroatoms. The van der Waals surface area contributed by atoms with Crippen molar-refractivity contribution in [3.63, 3.8) is 0 Å². The number of hydrogen-bond donors (Lipinski definition) is 1. The molecule has 3 aliphatic rings. The zero-order valence-electron chi connectivity index (χ0n) is 25.8. The molecule has 234 valence electrons. The lowest BCUT2D eigenvalue weighted by molar-refractivity contribution is -0.243. The Morgan fingerprint density at radius 2 is 1.56 bits per heavy atom. The molecular formula is C32H43N3O8. The molecule has 0 spiro atoms. The predicted molar refractivity (Wildman–Crippen MR) is 159 cm³/mol. The lowest BCUT2D eigenvalue weighted by Crippen LogP contribution is -2.56. The fourth-order valence-corrected chi connectivity index (χ4v) is 5.45. The molecule has 0 bridgehead atoms. The van der Waals surface area contributed by atoms with Crippen LogP contribution in [0.4, 0.5) is 17.1 Å². The summed E-state index contributed by atoms with van der Waals surface area (Å²) in [6.07, 6.45) is 0.993. The van der Waals surface area contributed by atoms with Gasteiger partial charge >= 0.3 is 0 Å². The fourth-order valence-electron chi connectivity index (χ4n) is 5.45. The lowest BCUT2D eigenvalue weighted by atomic mass is 9.99. The van der Waals surface area contributed by atoms with Gasteiger partial charge in [0.05, 0.1) is 18.9 Å². The molecule has 3 heterocycles. The average Bonchev–Trinajstić information content (AvgIpc) is 3.44. The van der Waals surface area contributed by atoms with Crippen LogP contribution in [0.1, 0.15) is 59.4 Å². The summed E-state index contributed by atoms with van der Waals surface area (Å²) in [6.45, 7) is 12.6. The van der Waals surface area contributed by atoms with E-state index >= 15 is 0 Å². The molecule has 1 N–H and O–H groups in total. The Labute approximate surface area is 253 Å². The van der Waals surface area contributed by atoms with Gasteiger partial charge in [0.2, 0.25) is 5.91 Å². The minimum absolute atomic E-state index is 0.119. The van der Waals surface area contributed by atoms with Crippen molar-refractivity contribution >= 4 is 23.0 Å². The molecule has 5 rings (SSSR count). The third kappa shape index (κ3) is 8.37. The van der Waals surface area contributed by atoms with E-state index in [0.717, 1.165) is 24.8 Å². The number of anilines is 1.